The van der Waals surface area contributed by atoms with Crippen molar-refractivity contribution in [1.82, 2.24) is 20.1 Å². The molecule has 0 bridgehead atoms. The van der Waals surface area contributed by atoms with Crippen molar-refractivity contribution < 1.29 is 4.79 Å². The van der Waals surface area contributed by atoms with Crippen LogP contribution in [-0.2, 0) is 11.3 Å². The van der Waals surface area contributed by atoms with E-state index in [0.29, 0.717) is 6.54 Å². The molecule has 29 heavy (non-hydrogen) atoms. The van der Waals surface area contributed by atoms with E-state index in [1.165, 1.54) is 19.3 Å². The van der Waals surface area contributed by atoms with Crippen LogP contribution in [0.2, 0.25) is 0 Å². The van der Waals surface area contributed by atoms with E-state index in [1.54, 1.807) is 23.0 Å². The maximum Gasteiger partial charge on any atom is 0.244 e. The monoisotopic (exact) mass is 387 g/mol. The zero-order chi connectivity index (χ0) is 19.9. The summed E-state index contributed by atoms with van der Waals surface area (Å²) in [6.45, 7) is 2.53. The maximum atomic E-state index is 12.3. The Balaban J connectivity index is 1.36. The van der Waals surface area contributed by atoms with Crippen LogP contribution < -0.4 is 10.2 Å². The van der Waals surface area contributed by atoms with Crippen LogP contribution in [0.4, 0.5) is 5.82 Å². The van der Waals surface area contributed by atoms with Gasteiger partial charge < -0.3 is 10.2 Å². The van der Waals surface area contributed by atoms with Crippen LogP contribution in [0.25, 0.3) is 11.8 Å². The molecule has 1 amide bonds. The van der Waals surface area contributed by atoms with Gasteiger partial charge in [-0.3, -0.25) is 4.79 Å². The smallest absolute Gasteiger partial charge is 0.244 e. The van der Waals surface area contributed by atoms with Crippen molar-refractivity contribution in [1.29, 1.82) is 0 Å². The van der Waals surface area contributed by atoms with Gasteiger partial charge in [0.2, 0.25) is 5.91 Å². The van der Waals surface area contributed by atoms with Gasteiger partial charge in [0, 0.05) is 49.2 Å². The van der Waals surface area contributed by atoms with Gasteiger partial charge in [-0.1, -0.05) is 24.3 Å². The van der Waals surface area contributed by atoms with Crippen LogP contribution in [0.15, 0.2) is 67.1 Å². The molecule has 1 fully saturated rings. The lowest BCUT2D eigenvalue weighted by Gasteiger charge is -2.29. The van der Waals surface area contributed by atoms with Gasteiger partial charge in [-0.2, -0.15) is 5.10 Å². The fourth-order valence-electron chi connectivity index (χ4n) is 3.52. The Morgan fingerprint density at radius 2 is 1.90 bits per heavy atom. The van der Waals surface area contributed by atoms with E-state index in [2.05, 4.69) is 20.3 Å². The van der Waals surface area contributed by atoms with Gasteiger partial charge in [0.15, 0.2) is 0 Å². The van der Waals surface area contributed by atoms with E-state index in [1.807, 2.05) is 54.9 Å². The molecule has 6 nitrogen and oxygen atoms in total. The average molecular weight is 387 g/mol. The van der Waals surface area contributed by atoms with Gasteiger partial charge in [-0.25, -0.2) is 9.67 Å². The third-order valence-electron chi connectivity index (χ3n) is 5.03. The number of para-hydroxylation sites is 1. The Morgan fingerprint density at radius 1 is 1.07 bits per heavy atom. The predicted molar refractivity (Wildman–Crippen MR) is 115 cm³/mol. The first-order valence-electron chi connectivity index (χ1n) is 10.0. The van der Waals surface area contributed by atoms with Crippen molar-refractivity contribution in [3.05, 3.63) is 78.3 Å². The highest BCUT2D eigenvalue weighted by atomic mass is 16.1. The van der Waals surface area contributed by atoms with Gasteiger partial charge >= 0.3 is 0 Å². The first-order chi connectivity index (χ1) is 14.3. The van der Waals surface area contributed by atoms with Crippen LogP contribution in [0.5, 0.6) is 0 Å². The first-order valence-corrected chi connectivity index (χ1v) is 10.0. The first kappa shape index (κ1) is 18.9. The number of rotatable bonds is 6. The number of nitrogens with zero attached hydrogens (tertiary/aromatic N) is 4. The molecular formula is C23H25N5O. The maximum absolute atomic E-state index is 12.3. The van der Waals surface area contributed by atoms with Crippen molar-refractivity contribution in [2.75, 3.05) is 18.0 Å². The van der Waals surface area contributed by atoms with Gasteiger partial charge in [0.25, 0.3) is 0 Å². The molecule has 0 saturated carbocycles. The lowest BCUT2D eigenvalue weighted by atomic mass is 10.1. The molecule has 0 unspecified atom stereocenters. The van der Waals surface area contributed by atoms with E-state index in [4.69, 9.17) is 0 Å². The second-order valence-electron chi connectivity index (χ2n) is 7.14. The lowest BCUT2D eigenvalue weighted by Crippen LogP contribution is -2.32. The summed E-state index contributed by atoms with van der Waals surface area (Å²) in [5, 5.41) is 7.31. The van der Waals surface area contributed by atoms with E-state index in [9.17, 15) is 4.79 Å². The molecule has 1 aromatic carbocycles. The molecule has 148 valence electrons. The second kappa shape index (κ2) is 9.19. The third kappa shape index (κ3) is 4.90. The minimum absolute atomic E-state index is 0.133. The fourth-order valence-corrected chi connectivity index (χ4v) is 3.52. The molecule has 1 aliphatic rings. The Bertz CT molecular complexity index is 974. The highest BCUT2D eigenvalue weighted by Gasteiger charge is 2.15. The summed E-state index contributed by atoms with van der Waals surface area (Å²) in [5.41, 5.74) is 2.91. The van der Waals surface area contributed by atoms with Crippen molar-refractivity contribution in [2.45, 2.75) is 25.8 Å². The van der Waals surface area contributed by atoms with Gasteiger partial charge in [-0.05, 0) is 43.5 Å². The zero-order valence-electron chi connectivity index (χ0n) is 16.4. The van der Waals surface area contributed by atoms with Crippen molar-refractivity contribution in [3.63, 3.8) is 0 Å². The molecular weight excluding hydrogens is 362 g/mol. The zero-order valence-corrected chi connectivity index (χ0v) is 16.4. The van der Waals surface area contributed by atoms with Gasteiger partial charge in [0.1, 0.15) is 5.82 Å². The Kier molecular flexibility index (Phi) is 6.00. The summed E-state index contributed by atoms with van der Waals surface area (Å²) in [5.74, 6) is 0.853. The highest BCUT2D eigenvalue weighted by Crippen LogP contribution is 2.21. The van der Waals surface area contributed by atoms with E-state index < -0.39 is 0 Å². The average Bonchev–Trinajstić information content (AvgIpc) is 3.27. The van der Waals surface area contributed by atoms with Crippen LogP contribution >= 0.6 is 0 Å². The number of nitrogens with one attached hydrogen (secondary N) is 1. The van der Waals surface area contributed by atoms with Gasteiger partial charge in [0.05, 0.1) is 11.9 Å². The van der Waals surface area contributed by atoms with Crippen molar-refractivity contribution in [3.8, 4) is 5.69 Å². The summed E-state index contributed by atoms with van der Waals surface area (Å²) >= 11 is 0. The molecule has 0 spiro atoms. The number of piperidine rings is 1. The van der Waals surface area contributed by atoms with E-state index in [0.717, 1.165) is 35.7 Å². The van der Waals surface area contributed by atoms with Crippen LogP contribution in [0, 0.1) is 0 Å². The molecule has 1 aliphatic heterocycles. The number of carbonyl (C=O) groups is 1. The molecule has 2 aromatic heterocycles. The molecule has 0 aliphatic carbocycles. The third-order valence-corrected chi connectivity index (χ3v) is 5.03. The molecule has 6 heteroatoms. The SMILES string of the molecule is O=C(/C=C/c1cnn(-c2ccccc2)c1)NCc1cccnc1N1CCCCC1. The Hall–Kier alpha value is -3.41. The van der Waals surface area contributed by atoms with E-state index >= 15 is 0 Å². The van der Waals surface area contributed by atoms with Crippen LogP contribution in [-0.4, -0.2) is 33.8 Å². The number of carbonyl (C=O) groups excluding carboxylic acids is 1. The van der Waals surface area contributed by atoms with Crippen molar-refractivity contribution in [2.24, 2.45) is 0 Å². The quantitative estimate of drug-likeness (QED) is 0.657. The summed E-state index contributed by atoms with van der Waals surface area (Å²) in [4.78, 5) is 19.2. The topological polar surface area (TPSA) is 63.1 Å². The minimum atomic E-state index is -0.133. The standard InChI is InChI=1S/C23H25N5O/c29-22(12-11-19-16-26-28(18-19)21-9-3-1-4-10-21)25-17-20-8-7-13-24-23(20)27-14-5-2-6-15-27/h1,3-4,7-13,16,18H,2,5-6,14-15,17H2,(H,25,29)/b12-11+. The summed E-state index contributed by atoms with van der Waals surface area (Å²) in [7, 11) is 0. The number of pyridine rings is 1. The molecule has 0 radical (unpaired) electrons. The second-order valence-corrected chi connectivity index (χ2v) is 7.14. The molecule has 3 aromatic rings. The highest BCUT2D eigenvalue weighted by molar-refractivity contribution is 5.91. The van der Waals surface area contributed by atoms with Crippen LogP contribution in [0.3, 0.4) is 0 Å². The molecule has 0 atom stereocenters. The Labute approximate surface area is 170 Å². The predicted octanol–water partition coefficient (Wildman–Crippen LogP) is 3.59. The lowest BCUT2D eigenvalue weighted by molar-refractivity contribution is -0.116. The summed E-state index contributed by atoms with van der Waals surface area (Å²) < 4.78 is 1.79. The minimum Gasteiger partial charge on any atom is -0.356 e. The van der Waals surface area contributed by atoms with E-state index in [-0.39, 0.29) is 5.91 Å². The molecule has 1 saturated heterocycles. The summed E-state index contributed by atoms with van der Waals surface area (Å²) in [6, 6.07) is 13.8. The number of hydrogen-bond donors (Lipinski definition) is 1. The summed E-state index contributed by atoms with van der Waals surface area (Å²) in [6.07, 6.45) is 12.4. The molecule has 1 N–H and O–H groups in total. The number of hydrogen-bond acceptors (Lipinski definition) is 4. The largest absolute Gasteiger partial charge is 0.356 e. The number of anilines is 1. The number of benzene rings is 1. The van der Waals surface area contributed by atoms with Crippen molar-refractivity contribution >= 4 is 17.8 Å². The number of aromatic nitrogens is 3. The molecule has 4 rings (SSSR count). The molecule has 3 heterocycles. The Morgan fingerprint density at radius 3 is 2.72 bits per heavy atom. The fraction of sp³-hybridized carbons (Fsp3) is 0.261. The van der Waals surface area contributed by atoms with Crippen LogP contribution in [0.1, 0.15) is 30.4 Å². The number of amides is 1. The van der Waals surface area contributed by atoms with Gasteiger partial charge in [-0.15, -0.1) is 0 Å². The normalized spacial score (nSPS) is 14.3.